The lowest BCUT2D eigenvalue weighted by atomic mass is 10.6. The fraction of sp³-hybridized carbons (Fsp3) is 0.636. The summed E-state index contributed by atoms with van der Waals surface area (Å²) in [5, 5.41) is 0. The van der Waals surface area contributed by atoms with Crippen LogP contribution in [0.5, 0.6) is 0 Å². The molecule has 0 unspecified atom stereocenters. The predicted molar refractivity (Wildman–Crippen MR) is 63.6 cm³/mol. The zero-order chi connectivity index (χ0) is 10.1. The average molecular weight is 196 g/mol. The highest BCUT2D eigenvalue weighted by Crippen LogP contribution is 2.03. The fourth-order valence-electron chi connectivity index (χ4n) is 1.38. The maximum Gasteiger partial charge on any atom is 0.0727 e. The molecule has 0 N–H and O–H groups in total. The van der Waals surface area contributed by atoms with E-state index in [0.717, 1.165) is 0 Å². The molecule has 0 spiro atoms. The molecule has 0 rings (SSSR count). The Hall–Kier alpha value is -0.343. The lowest BCUT2D eigenvalue weighted by molar-refractivity contribution is 0.350. The first-order valence-corrected chi connectivity index (χ1v) is 7.18. The molecule has 0 aliphatic carbocycles. The number of hydrogen-bond donors (Lipinski definition) is 0. The van der Waals surface area contributed by atoms with Gasteiger partial charge in [-0.05, 0) is 31.3 Å². The molecule has 75 valence electrons. The van der Waals surface area contributed by atoms with Gasteiger partial charge in [-0.1, -0.05) is 26.0 Å². The fourth-order valence-corrected chi connectivity index (χ4v) is 3.71. The third kappa shape index (κ3) is 5.83. The lowest BCUT2D eigenvalue weighted by Gasteiger charge is -2.22. The molecule has 0 aromatic rings. The highest BCUT2D eigenvalue weighted by Gasteiger charge is 2.10. The Morgan fingerprint density at radius 2 is 1.54 bits per heavy atom. The van der Waals surface area contributed by atoms with Gasteiger partial charge in [-0.15, -0.1) is 13.2 Å². The van der Waals surface area contributed by atoms with Crippen LogP contribution in [0.2, 0.25) is 12.1 Å². The van der Waals surface area contributed by atoms with Crippen molar-refractivity contribution in [3.8, 4) is 0 Å². The summed E-state index contributed by atoms with van der Waals surface area (Å²) in [6.07, 6.45) is 5.39. The van der Waals surface area contributed by atoms with Crippen molar-refractivity contribution in [2.24, 2.45) is 0 Å². The Bertz CT molecular complexity index is 131. The predicted octanol–water partition coefficient (Wildman–Crippen LogP) is 2.73. The first-order valence-electron chi connectivity index (χ1n) is 5.06. The Labute approximate surface area is 84.7 Å². The van der Waals surface area contributed by atoms with E-state index in [2.05, 4.69) is 44.1 Å². The first kappa shape index (κ1) is 12.7. The van der Waals surface area contributed by atoms with Crippen LogP contribution >= 0.6 is 0 Å². The van der Waals surface area contributed by atoms with E-state index in [4.69, 9.17) is 0 Å². The van der Waals surface area contributed by atoms with Crippen molar-refractivity contribution in [2.45, 2.75) is 25.9 Å². The van der Waals surface area contributed by atoms with E-state index in [1.807, 2.05) is 0 Å². The summed E-state index contributed by atoms with van der Waals surface area (Å²) >= 11 is 0. The summed E-state index contributed by atoms with van der Waals surface area (Å²) in [7, 11) is -0.280. The van der Waals surface area contributed by atoms with Gasteiger partial charge in [-0.25, -0.2) is 0 Å². The van der Waals surface area contributed by atoms with Gasteiger partial charge in [-0.2, -0.15) is 0 Å². The summed E-state index contributed by atoms with van der Waals surface area (Å²) in [6.45, 7) is 14.4. The van der Waals surface area contributed by atoms with Crippen LogP contribution in [0.1, 0.15) is 13.8 Å². The second-order valence-electron chi connectivity index (χ2n) is 3.20. The van der Waals surface area contributed by atoms with Gasteiger partial charge in [0.25, 0.3) is 0 Å². The second kappa shape index (κ2) is 8.26. The van der Waals surface area contributed by atoms with E-state index in [9.17, 15) is 0 Å². The van der Waals surface area contributed by atoms with Crippen LogP contribution in [0, 0.1) is 0 Å². The van der Waals surface area contributed by atoms with Crippen molar-refractivity contribution in [3.63, 3.8) is 0 Å². The monoisotopic (exact) mass is 196 g/mol. The SMILES string of the molecule is C=CC[Si](CC=C)CN(CC)CC. The quantitative estimate of drug-likeness (QED) is 0.426. The van der Waals surface area contributed by atoms with Crippen molar-refractivity contribution in [2.75, 3.05) is 19.3 Å². The zero-order valence-corrected chi connectivity index (χ0v) is 10.1. The lowest BCUT2D eigenvalue weighted by Crippen LogP contribution is -2.34. The van der Waals surface area contributed by atoms with Gasteiger partial charge >= 0.3 is 0 Å². The number of hydrogen-bond acceptors (Lipinski definition) is 1. The molecule has 0 heterocycles. The second-order valence-corrected chi connectivity index (χ2v) is 5.83. The summed E-state index contributed by atoms with van der Waals surface area (Å²) in [4.78, 5) is 2.50. The van der Waals surface area contributed by atoms with Gasteiger partial charge in [0.05, 0.1) is 8.80 Å². The van der Waals surface area contributed by atoms with Crippen molar-refractivity contribution < 1.29 is 0 Å². The zero-order valence-electron chi connectivity index (χ0n) is 9.05. The average Bonchev–Trinajstić information content (AvgIpc) is 2.14. The molecule has 1 nitrogen and oxygen atoms in total. The molecular weight excluding hydrogens is 174 g/mol. The van der Waals surface area contributed by atoms with Crippen LogP contribution in [-0.2, 0) is 0 Å². The Morgan fingerprint density at radius 3 is 1.85 bits per heavy atom. The molecule has 0 atom stereocenters. The molecule has 0 saturated heterocycles. The van der Waals surface area contributed by atoms with Crippen LogP contribution in [0.4, 0.5) is 0 Å². The van der Waals surface area contributed by atoms with Gasteiger partial charge in [0.2, 0.25) is 0 Å². The molecule has 1 radical (unpaired) electrons. The Balaban J connectivity index is 3.89. The molecule has 0 fully saturated rings. The highest BCUT2D eigenvalue weighted by atomic mass is 28.3. The molecule has 0 bridgehead atoms. The van der Waals surface area contributed by atoms with Crippen molar-refractivity contribution in [1.82, 2.24) is 4.90 Å². The van der Waals surface area contributed by atoms with E-state index in [1.165, 1.54) is 31.3 Å². The first-order chi connectivity index (χ1) is 6.28. The molecule has 0 amide bonds. The van der Waals surface area contributed by atoms with Crippen molar-refractivity contribution >= 4 is 8.80 Å². The smallest absolute Gasteiger partial charge is 0.0727 e. The Morgan fingerprint density at radius 1 is 1.08 bits per heavy atom. The van der Waals surface area contributed by atoms with E-state index in [-0.39, 0.29) is 8.80 Å². The standard InChI is InChI=1S/C11H22NSi/c1-5-9-13(10-6-2)11-12(7-3)8-4/h5-6H,1-2,7-11H2,3-4H3. The summed E-state index contributed by atoms with van der Waals surface area (Å²) in [5.41, 5.74) is 0. The van der Waals surface area contributed by atoms with E-state index >= 15 is 0 Å². The van der Waals surface area contributed by atoms with Crippen LogP contribution in [0.15, 0.2) is 25.3 Å². The minimum Gasteiger partial charge on any atom is -0.307 e. The molecular formula is C11H22NSi. The number of allylic oxidation sites excluding steroid dienone is 2. The van der Waals surface area contributed by atoms with Crippen LogP contribution < -0.4 is 0 Å². The van der Waals surface area contributed by atoms with Gasteiger partial charge in [0.15, 0.2) is 0 Å². The number of rotatable bonds is 8. The molecule has 0 aromatic carbocycles. The molecule has 0 aliphatic heterocycles. The third-order valence-corrected chi connectivity index (χ3v) is 4.83. The van der Waals surface area contributed by atoms with E-state index < -0.39 is 0 Å². The van der Waals surface area contributed by atoms with Gasteiger partial charge < -0.3 is 4.90 Å². The normalized spacial score (nSPS) is 10.8. The van der Waals surface area contributed by atoms with Crippen LogP contribution in [-0.4, -0.2) is 33.0 Å². The van der Waals surface area contributed by atoms with Gasteiger partial charge in [0, 0.05) is 0 Å². The summed E-state index contributed by atoms with van der Waals surface area (Å²) in [5.74, 6) is 0. The minimum absolute atomic E-state index is 0.280. The van der Waals surface area contributed by atoms with E-state index in [0.29, 0.717) is 0 Å². The van der Waals surface area contributed by atoms with E-state index in [1.54, 1.807) is 0 Å². The molecule has 2 heteroatoms. The van der Waals surface area contributed by atoms with Crippen molar-refractivity contribution in [3.05, 3.63) is 25.3 Å². The summed E-state index contributed by atoms with van der Waals surface area (Å²) < 4.78 is 0. The summed E-state index contributed by atoms with van der Waals surface area (Å²) in [6, 6.07) is 2.40. The molecule has 0 aliphatic rings. The minimum atomic E-state index is -0.280. The molecule has 13 heavy (non-hydrogen) atoms. The Kier molecular flexibility index (Phi) is 8.05. The number of nitrogens with zero attached hydrogens (tertiary/aromatic N) is 1. The van der Waals surface area contributed by atoms with Crippen LogP contribution in [0.3, 0.4) is 0 Å². The van der Waals surface area contributed by atoms with Crippen molar-refractivity contribution in [1.29, 1.82) is 0 Å². The molecule has 0 saturated carbocycles. The topological polar surface area (TPSA) is 3.24 Å². The van der Waals surface area contributed by atoms with Crippen LogP contribution in [0.25, 0.3) is 0 Å². The van der Waals surface area contributed by atoms with Gasteiger partial charge in [0.1, 0.15) is 0 Å². The van der Waals surface area contributed by atoms with Gasteiger partial charge in [-0.3, -0.25) is 0 Å². The maximum absolute atomic E-state index is 3.81. The third-order valence-electron chi connectivity index (χ3n) is 2.21. The molecule has 0 aromatic heterocycles. The largest absolute Gasteiger partial charge is 0.307 e. The maximum atomic E-state index is 3.81. The highest BCUT2D eigenvalue weighted by molar-refractivity contribution is 6.60.